The average molecular weight is 495 g/mol. The third-order valence-electron chi connectivity index (χ3n) is 6.24. The number of hydrogen-bond acceptors (Lipinski definition) is 8. The highest BCUT2D eigenvalue weighted by atomic mass is 19.3. The van der Waals surface area contributed by atoms with Crippen molar-refractivity contribution in [3.05, 3.63) is 65.6 Å². The lowest BCUT2D eigenvalue weighted by atomic mass is 9.99. The number of alkyl halides is 2. The maximum atomic E-state index is 13.6. The van der Waals surface area contributed by atoms with Crippen LogP contribution >= 0.6 is 0 Å². The van der Waals surface area contributed by atoms with Gasteiger partial charge in [-0.25, -0.2) is 9.50 Å². The van der Waals surface area contributed by atoms with Gasteiger partial charge in [0.15, 0.2) is 5.75 Å². The molecular weight excluding hydrogens is 476 g/mol. The van der Waals surface area contributed by atoms with E-state index in [4.69, 9.17) is 4.42 Å². The van der Waals surface area contributed by atoms with Gasteiger partial charge in [0, 0.05) is 37.6 Å². The van der Waals surface area contributed by atoms with E-state index < -0.39 is 18.6 Å². The molecule has 12 nitrogen and oxygen atoms in total. The molecule has 0 aliphatic carbocycles. The number of halogens is 2. The molecule has 1 amide bonds. The van der Waals surface area contributed by atoms with E-state index in [2.05, 4.69) is 35.1 Å². The van der Waals surface area contributed by atoms with Crippen molar-refractivity contribution < 1.29 is 22.7 Å². The van der Waals surface area contributed by atoms with E-state index in [9.17, 15) is 13.6 Å². The lowest BCUT2D eigenvalue weighted by Crippen LogP contribution is -2.41. The quantitative estimate of drug-likeness (QED) is 0.393. The Labute approximate surface area is 201 Å². The topological polar surface area (TPSA) is 132 Å². The Morgan fingerprint density at radius 3 is 2.97 bits per heavy atom. The van der Waals surface area contributed by atoms with Crippen molar-refractivity contribution in [3.8, 4) is 17.2 Å². The number of nitrogens with one attached hydrogen (secondary N) is 1. The van der Waals surface area contributed by atoms with Crippen LogP contribution in [-0.4, -0.2) is 63.5 Å². The van der Waals surface area contributed by atoms with Gasteiger partial charge in [-0.1, -0.05) is 0 Å². The Kier molecular flexibility index (Phi) is 5.01. The summed E-state index contributed by atoms with van der Waals surface area (Å²) in [4.78, 5) is 22.6. The second-order valence-electron chi connectivity index (χ2n) is 8.25. The van der Waals surface area contributed by atoms with Crippen LogP contribution in [0.5, 0.6) is 5.75 Å². The predicted molar refractivity (Wildman–Crippen MR) is 118 cm³/mol. The summed E-state index contributed by atoms with van der Waals surface area (Å²) >= 11 is 0. The lowest BCUT2D eigenvalue weighted by Gasteiger charge is -2.32. The molecule has 36 heavy (non-hydrogen) atoms. The Morgan fingerprint density at radius 1 is 1.33 bits per heavy atom. The first kappa shape index (κ1) is 21.9. The number of aryl methyl sites for hydroxylation is 1. The maximum Gasteiger partial charge on any atom is 0.387 e. The van der Waals surface area contributed by atoms with Crippen molar-refractivity contribution in [2.45, 2.75) is 26.0 Å². The molecule has 0 spiro atoms. The molecule has 0 aromatic carbocycles. The molecule has 6 heterocycles. The smallest absolute Gasteiger partial charge is 0.387 e. The van der Waals surface area contributed by atoms with Crippen LogP contribution in [0.4, 0.5) is 8.78 Å². The van der Waals surface area contributed by atoms with Crippen LogP contribution in [0.1, 0.15) is 39.5 Å². The van der Waals surface area contributed by atoms with Crippen molar-refractivity contribution in [2.75, 3.05) is 6.54 Å². The first-order valence-corrected chi connectivity index (χ1v) is 11.0. The number of carbonyl (C=O) groups excluding carboxylic acids is 1. The summed E-state index contributed by atoms with van der Waals surface area (Å²) in [5.41, 5.74) is 3.63. The number of hydrogen-bond donors (Lipinski definition) is 1. The monoisotopic (exact) mass is 495 g/mol. The van der Waals surface area contributed by atoms with Crippen molar-refractivity contribution in [1.29, 1.82) is 0 Å². The molecule has 0 unspecified atom stereocenters. The van der Waals surface area contributed by atoms with E-state index in [1.807, 2.05) is 6.92 Å². The van der Waals surface area contributed by atoms with Crippen LogP contribution in [0.2, 0.25) is 0 Å². The van der Waals surface area contributed by atoms with Crippen molar-refractivity contribution in [2.24, 2.45) is 7.05 Å². The molecule has 1 aliphatic rings. The van der Waals surface area contributed by atoms with Gasteiger partial charge in [-0.05, 0) is 25.1 Å². The van der Waals surface area contributed by atoms with E-state index in [1.165, 1.54) is 15.5 Å². The van der Waals surface area contributed by atoms with Gasteiger partial charge in [-0.3, -0.25) is 9.48 Å². The summed E-state index contributed by atoms with van der Waals surface area (Å²) in [5.74, 6) is -0.548. The third-order valence-corrected chi connectivity index (χ3v) is 6.24. The predicted octanol–water partition coefficient (Wildman–Crippen LogP) is 2.54. The van der Waals surface area contributed by atoms with Gasteiger partial charge in [0.1, 0.15) is 11.6 Å². The highest BCUT2D eigenvalue weighted by Crippen LogP contribution is 2.36. The molecule has 0 radical (unpaired) electrons. The van der Waals surface area contributed by atoms with E-state index in [0.29, 0.717) is 35.4 Å². The summed E-state index contributed by atoms with van der Waals surface area (Å²) in [6.07, 6.45) is 5.26. The van der Waals surface area contributed by atoms with E-state index in [1.54, 1.807) is 42.6 Å². The summed E-state index contributed by atoms with van der Waals surface area (Å²) in [7, 11) is 1.79. The molecule has 0 saturated heterocycles. The molecule has 184 valence electrons. The van der Waals surface area contributed by atoms with E-state index in [-0.39, 0.29) is 17.5 Å². The molecule has 5 aromatic heterocycles. The summed E-state index contributed by atoms with van der Waals surface area (Å²) < 4.78 is 39.3. The Balaban J connectivity index is 1.40. The zero-order valence-electron chi connectivity index (χ0n) is 19.1. The molecule has 14 heteroatoms. The van der Waals surface area contributed by atoms with Crippen molar-refractivity contribution in [3.63, 3.8) is 0 Å². The molecule has 1 aliphatic heterocycles. The third kappa shape index (κ3) is 3.49. The molecular formula is C22H19F2N9O3. The number of pyridine rings is 1. The van der Waals surface area contributed by atoms with Crippen LogP contribution in [-0.2, 0) is 13.5 Å². The average Bonchev–Trinajstić information content (AvgIpc) is 3.65. The maximum absolute atomic E-state index is 13.6. The van der Waals surface area contributed by atoms with Crippen LogP contribution in [0.15, 0.2) is 41.3 Å². The summed E-state index contributed by atoms with van der Waals surface area (Å²) in [6.45, 7) is -0.824. The van der Waals surface area contributed by atoms with Crippen molar-refractivity contribution >= 4 is 11.4 Å². The number of nitrogens with zero attached hydrogens (tertiary/aromatic N) is 8. The summed E-state index contributed by atoms with van der Waals surface area (Å²) in [6, 6.07) is 3.86. The van der Waals surface area contributed by atoms with Crippen LogP contribution in [0.25, 0.3) is 17.0 Å². The van der Waals surface area contributed by atoms with Crippen LogP contribution in [0, 0.1) is 6.92 Å². The van der Waals surface area contributed by atoms with E-state index >= 15 is 0 Å². The Hall–Kier alpha value is -4.62. The van der Waals surface area contributed by atoms with Gasteiger partial charge in [-0.2, -0.15) is 19.0 Å². The van der Waals surface area contributed by atoms with Gasteiger partial charge in [0.05, 0.1) is 29.5 Å². The Bertz CT molecular complexity index is 1580. The SMILES string of the molecule is Cc1c(-c2nnc(C(=O)N3CCc4[nH]cnc4[C@H]3c3cc4c(OC(F)F)cccn4n3)o2)cnn1C. The fourth-order valence-corrected chi connectivity index (χ4v) is 4.38. The fraction of sp³-hybridized carbons (Fsp3) is 0.273. The zero-order valence-corrected chi connectivity index (χ0v) is 19.1. The number of fused-ring (bicyclic) bond motifs is 2. The number of amides is 1. The molecule has 0 saturated carbocycles. The highest BCUT2D eigenvalue weighted by molar-refractivity contribution is 5.90. The largest absolute Gasteiger partial charge is 0.433 e. The molecule has 5 aromatic rings. The van der Waals surface area contributed by atoms with Gasteiger partial charge < -0.3 is 19.0 Å². The number of ether oxygens (including phenoxy) is 1. The number of imidazole rings is 1. The molecule has 1 N–H and O–H groups in total. The standard InChI is InChI=1S/C22H19F2N9O3/c1-11-12(9-27-31(11)2)19-28-29-20(36-19)21(34)32-7-5-13-17(26-10-25-13)18(32)14-8-15-16(35-22(23)24)4-3-6-33(15)30-14/h3-4,6,8-10,18,22H,5,7H2,1-2H3,(H,25,26)/t18-/m1/s1. The van der Waals surface area contributed by atoms with Crippen molar-refractivity contribution in [1.82, 2.24) is 44.5 Å². The molecule has 6 rings (SSSR count). The lowest BCUT2D eigenvalue weighted by molar-refractivity contribution is -0.0490. The zero-order chi connectivity index (χ0) is 25.0. The van der Waals surface area contributed by atoms with Gasteiger partial charge in [0.25, 0.3) is 5.89 Å². The Morgan fingerprint density at radius 2 is 2.19 bits per heavy atom. The number of carbonyl (C=O) groups is 1. The first-order chi connectivity index (χ1) is 17.4. The normalized spacial score (nSPS) is 15.6. The fourth-order valence-electron chi connectivity index (χ4n) is 4.38. The van der Waals surface area contributed by atoms with E-state index in [0.717, 1.165) is 11.4 Å². The number of H-pyrrole nitrogens is 1. The van der Waals surface area contributed by atoms with Gasteiger partial charge in [-0.15, -0.1) is 10.2 Å². The minimum Gasteiger partial charge on any atom is -0.433 e. The minimum atomic E-state index is -2.99. The number of aromatic nitrogens is 8. The van der Waals surface area contributed by atoms with Crippen LogP contribution in [0.3, 0.4) is 0 Å². The highest BCUT2D eigenvalue weighted by Gasteiger charge is 2.38. The molecule has 0 fully saturated rings. The number of rotatable bonds is 5. The van der Waals surface area contributed by atoms with Gasteiger partial charge in [0.2, 0.25) is 0 Å². The number of aromatic amines is 1. The summed E-state index contributed by atoms with van der Waals surface area (Å²) in [5, 5.41) is 16.7. The van der Waals surface area contributed by atoms with Gasteiger partial charge >= 0.3 is 18.4 Å². The first-order valence-electron chi connectivity index (χ1n) is 11.0. The van der Waals surface area contributed by atoms with Crippen LogP contribution < -0.4 is 4.74 Å². The minimum absolute atomic E-state index is 0.0319. The molecule has 1 atom stereocenters. The second kappa shape index (κ2) is 8.25. The molecule has 0 bridgehead atoms. The second-order valence-corrected chi connectivity index (χ2v) is 8.25.